The Hall–Kier alpha value is -0.720. The predicted molar refractivity (Wildman–Crippen MR) is 49.4 cm³/mol. The molecule has 1 rings (SSSR count). The Morgan fingerprint density at radius 3 is 2.58 bits per heavy atom. The molecular formula is C9H12O2P+. The number of benzene rings is 1. The lowest BCUT2D eigenvalue weighted by Crippen LogP contribution is -1.82. The van der Waals surface area contributed by atoms with Gasteiger partial charge in [0.25, 0.3) is 0 Å². The van der Waals surface area contributed by atoms with E-state index in [-0.39, 0.29) is 0 Å². The van der Waals surface area contributed by atoms with E-state index < -0.39 is 8.03 Å². The van der Waals surface area contributed by atoms with Gasteiger partial charge < -0.3 is 0 Å². The van der Waals surface area contributed by atoms with Crippen molar-refractivity contribution < 1.29 is 9.09 Å². The van der Waals surface area contributed by atoms with Crippen LogP contribution in [0.2, 0.25) is 0 Å². The van der Waals surface area contributed by atoms with Crippen LogP contribution in [0.3, 0.4) is 0 Å². The van der Waals surface area contributed by atoms with Gasteiger partial charge in [-0.25, -0.2) is 0 Å². The molecule has 0 amide bonds. The van der Waals surface area contributed by atoms with Crippen molar-refractivity contribution in [3.63, 3.8) is 0 Å². The van der Waals surface area contributed by atoms with Crippen LogP contribution in [0.25, 0.3) is 0 Å². The molecule has 0 saturated carbocycles. The molecule has 0 N–H and O–H groups in total. The Kier molecular flexibility index (Phi) is 3.92. The summed E-state index contributed by atoms with van der Waals surface area (Å²) in [4.78, 5) is 0. The molecule has 0 heterocycles. The summed E-state index contributed by atoms with van der Waals surface area (Å²) in [5.74, 6) is 0. The van der Waals surface area contributed by atoms with Gasteiger partial charge in [0.2, 0.25) is 6.16 Å². The summed E-state index contributed by atoms with van der Waals surface area (Å²) in [6, 6.07) is 9.71. The third-order valence-corrected chi connectivity index (χ3v) is 2.60. The Morgan fingerprint density at radius 1 is 1.33 bits per heavy atom. The third-order valence-electron chi connectivity index (χ3n) is 1.43. The molecule has 1 aromatic rings. The quantitative estimate of drug-likeness (QED) is 0.671. The van der Waals surface area contributed by atoms with Crippen LogP contribution in [-0.4, -0.2) is 6.61 Å². The molecule has 1 aromatic carbocycles. The van der Waals surface area contributed by atoms with Gasteiger partial charge >= 0.3 is 8.03 Å². The van der Waals surface area contributed by atoms with Crippen LogP contribution in [0, 0.1) is 0 Å². The maximum atomic E-state index is 11.1. The van der Waals surface area contributed by atoms with Gasteiger partial charge in [-0.15, -0.1) is 4.52 Å². The van der Waals surface area contributed by atoms with Crippen LogP contribution in [0.5, 0.6) is 0 Å². The van der Waals surface area contributed by atoms with Gasteiger partial charge in [-0.05, 0) is 11.5 Å². The van der Waals surface area contributed by atoms with E-state index in [1.54, 1.807) is 0 Å². The van der Waals surface area contributed by atoms with Crippen LogP contribution in [0.4, 0.5) is 0 Å². The van der Waals surface area contributed by atoms with Crippen LogP contribution < -0.4 is 0 Å². The molecule has 0 aliphatic rings. The van der Waals surface area contributed by atoms with Crippen molar-refractivity contribution in [2.24, 2.45) is 0 Å². The number of hydrogen-bond acceptors (Lipinski definition) is 2. The van der Waals surface area contributed by atoms with Crippen molar-refractivity contribution in [1.82, 2.24) is 0 Å². The van der Waals surface area contributed by atoms with Gasteiger partial charge in [0.15, 0.2) is 0 Å². The van der Waals surface area contributed by atoms with E-state index in [1.807, 2.05) is 37.3 Å². The molecule has 1 atom stereocenters. The van der Waals surface area contributed by atoms with E-state index in [1.165, 1.54) is 0 Å². The lowest BCUT2D eigenvalue weighted by Gasteiger charge is -1.89. The fourth-order valence-corrected chi connectivity index (χ4v) is 1.81. The Bertz CT molecular complexity index is 246. The molecule has 0 aromatic heterocycles. The number of hydrogen-bond donors (Lipinski definition) is 0. The van der Waals surface area contributed by atoms with Crippen molar-refractivity contribution in [2.45, 2.75) is 13.1 Å². The van der Waals surface area contributed by atoms with Gasteiger partial charge in [-0.3, -0.25) is 0 Å². The first-order chi connectivity index (χ1) is 5.83. The zero-order valence-electron chi connectivity index (χ0n) is 7.06. The molecule has 0 radical (unpaired) electrons. The van der Waals surface area contributed by atoms with Crippen molar-refractivity contribution >= 4 is 8.03 Å². The van der Waals surface area contributed by atoms with Gasteiger partial charge in [0.05, 0.1) is 6.61 Å². The molecule has 0 spiro atoms. The fraction of sp³-hybridized carbons (Fsp3) is 0.333. The Labute approximate surface area is 73.4 Å². The van der Waals surface area contributed by atoms with Crippen LogP contribution in [0.1, 0.15) is 12.5 Å². The summed E-state index contributed by atoms with van der Waals surface area (Å²) >= 11 is 0. The maximum absolute atomic E-state index is 11.1. The highest BCUT2D eigenvalue weighted by Crippen LogP contribution is 2.27. The summed E-state index contributed by atoms with van der Waals surface area (Å²) in [5.41, 5.74) is 1.06. The topological polar surface area (TPSA) is 26.3 Å². The number of rotatable bonds is 4. The first-order valence-electron chi connectivity index (χ1n) is 3.94. The second-order valence-electron chi connectivity index (χ2n) is 2.39. The van der Waals surface area contributed by atoms with E-state index >= 15 is 0 Å². The highest BCUT2D eigenvalue weighted by Gasteiger charge is 2.16. The van der Waals surface area contributed by atoms with E-state index in [0.717, 1.165) is 5.56 Å². The van der Waals surface area contributed by atoms with E-state index in [4.69, 9.17) is 4.52 Å². The standard InChI is InChI=1S/C9H12O2P/c1-2-11-12(10)8-9-6-4-3-5-7-9/h3-7H,2,8H2,1H3/q+1. The lowest BCUT2D eigenvalue weighted by atomic mass is 10.2. The summed E-state index contributed by atoms with van der Waals surface area (Å²) in [5, 5.41) is 0. The van der Waals surface area contributed by atoms with Crippen LogP contribution >= 0.6 is 8.03 Å². The molecule has 1 unspecified atom stereocenters. The van der Waals surface area contributed by atoms with Crippen molar-refractivity contribution in [3.8, 4) is 0 Å². The van der Waals surface area contributed by atoms with E-state index in [9.17, 15) is 4.57 Å². The largest absolute Gasteiger partial charge is 0.512 e. The molecule has 12 heavy (non-hydrogen) atoms. The van der Waals surface area contributed by atoms with Crippen molar-refractivity contribution in [1.29, 1.82) is 0 Å². The van der Waals surface area contributed by atoms with Crippen LogP contribution in [0.15, 0.2) is 30.3 Å². The minimum absolute atomic E-state index is 0.516. The Balaban J connectivity index is 2.47. The highest BCUT2D eigenvalue weighted by atomic mass is 31.1. The normalized spacial score (nSPS) is 11.2. The summed E-state index contributed by atoms with van der Waals surface area (Å²) < 4.78 is 16.1. The molecule has 0 aliphatic heterocycles. The molecule has 0 aliphatic carbocycles. The summed E-state index contributed by atoms with van der Waals surface area (Å²) in [6.07, 6.45) is 0.518. The van der Waals surface area contributed by atoms with Gasteiger partial charge in [-0.2, -0.15) is 0 Å². The van der Waals surface area contributed by atoms with Crippen LogP contribution in [-0.2, 0) is 15.3 Å². The Morgan fingerprint density at radius 2 is 2.00 bits per heavy atom. The molecule has 0 saturated heterocycles. The minimum Gasteiger partial charge on any atom is -0.146 e. The average molecular weight is 183 g/mol. The van der Waals surface area contributed by atoms with E-state index in [0.29, 0.717) is 12.8 Å². The highest BCUT2D eigenvalue weighted by molar-refractivity contribution is 7.38. The monoisotopic (exact) mass is 183 g/mol. The zero-order valence-corrected chi connectivity index (χ0v) is 7.96. The summed E-state index contributed by atoms with van der Waals surface area (Å²) in [7, 11) is -1.51. The van der Waals surface area contributed by atoms with E-state index in [2.05, 4.69) is 0 Å². The zero-order chi connectivity index (χ0) is 8.81. The first kappa shape index (κ1) is 9.37. The SMILES string of the molecule is CCO[P+](=O)Cc1ccccc1. The average Bonchev–Trinajstić information content (AvgIpc) is 2.06. The van der Waals surface area contributed by atoms with Crippen molar-refractivity contribution in [3.05, 3.63) is 35.9 Å². The molecule has 3 heteroatoms. The molecule has 64 valence electrons. The minimum atomic E-state index is -1.51. The first-order valence-corrected chi connectivity index (χ1v) is 5.30. The second-order valence-corrected chi connectivity index (χ2v) is 3.63. The van der Waals surface area contributed by atoms with Gasteiger partial charge in [-0.1, -0.05) is 30.3 Å². The van der Waals surface area contributed by atoms with Crippen molar-refractivity contribution in [2.75, 3.05) is 6.61 Å². The molecular weight excluding hydrogens is 171 g/mol. The second kappa shape index (κ2) is 5.02. The summed E-state index contributed by atoms with van der Waals surface area (Å²) in [6.45, 7) is 2.36. The van der Waals surface area contributed by atoms with Gasteiger partial charge in [0.1, 0.15) is 0 Å². The maximum Gasteiger partial charge on any atom is 0.512 e. The molecule has 0 bridgehead atoms. The molecule has 0 fully saturated rings. The molecule has 2 nitrogen and oxygen atoms in total. The lowest BCUT2D eigenvalue weighted by molar-refractivity contribution is 0.350. The fourth-order valence-electron chi connectivity index (χ4n) is 0.922. The predicted octanol–water partition coefficient (Wildman–Crippen LogP) is 2.97. The smallest absolute Gasteiger partial charge is 0.146 e. The van der Waals surface area contributed by atoms with Gasteiger partial charge in [0, 0.05) is 5.56 Å². The third kappa shape index (κ3) is 3.12.